The molecule has 0 spiro atoms. The minimum atomic E-state index is -0.111. The lowest BCUT2D eigenvalue weighted by molar-refractivity contribution is -0.116. The van der Waals surface area contributed by atoms with Gasteiger partial charge in [-0.15, -0.1) is 0 Å². The molecule has 0 bridgehead atoms. The van der Waals surface area contributed by atoms with Crippen LogP contribution in [0.2, 0.25) is 5.15 Å². The van der Waals surface area contributed by atoms with Gasteiger partial charge in [0.05, 0.1) is 6.54 Å². The van der Waals surface area contributed by atoms with E-state index in [9.17, 15) is 4.79 Å². The van der Waals surface area contributed by atoms with Crippen LogP contribution in [0.25, 0.3) is 0 Å². The van der Waals surface area contributed by atoms with Crippen LogP contribution in [0.1, 0.15) is 24.6 Å². The monoisotopic (exact) mass is 388 g/mol. The molecule has 3 N–H and O–H groups in total. The molecule has 0 aliphatic rings. The molecule has 0 saturated carbocycles. The molecular formula is C19H25ClN6O. The minimum Gasteiger partial charge on any atom is -0.357 e. The number of carbonyl (C=O) groups is 1. The average Bonchev–Trinajstić information content (AvgIpc) is 2.63. The average molecular weight is 389 g/mol. The number of aromatic nitrogens is 2. The maximum absolute atomic E-state index is 12.0. The van der Waals surface area contributed by atoms with Crippen molar-refractivity contribution in [3.05, 3.63) is 52.9 Å². The van der Waals surface area contributed by atoms with Gasteiger partial charge in [0.2, 0.25) is 5.91 Å². The summed E-state index contributed by atoms with van der Waals surface area (Å²) >= 11 is 5.79. The molecule has 27 heavy (non-hydrogen) atoms. The molecule has 7 nitrogen and oxygen atoms in total. The van der Waals surface area contributed by atoms with Crippen molar-refractivity contribution in [1.29, 1.82) is 0 Å². The molecule has 2 rings (SSSR count). The van der Waals surface area contributed by atoms with Crippen LogP contribution in [-0.4, -0.2) is 41.5 Å². The standard InChI is InChI=1S/C19H25ClN6O/c1-3-21-19(22-11-9-15-7-8-16(20)24-13-15)23-12-10-18(27)26-17-6-4-5-14(2)25-17/h4-8,13H,3,9-12H2,1-2H3,(H2,21,22,23)(H,25,26,27). The summed E-state index contributed by atoms with van der Waals surface area (Å²) < 4.78 is 0. The number of rotatable bonds is 8. The van der Waals surface area contributed by atoms with Crippen LogP contribution >= 0.6 is 11.6 Å². The van der Waals surface area contributed by atoms with Crippen LogP contribution in [0.15, 0.2) is 41.5 Å². The number of aliphatic imine (C=N–C) groups is 1. The fraction of sp³-hybridized carbons (Fsp3) is 0.368. The lowest BCUT2D eigenvalue weighted by atomic mass is 10.2. The Morgan fingerprint density at radius 1 is 1.22 bits per heavy atom. The molecule has 1 amide bonds. The van der Waals surface area contributed by atoms with E-state index in [-0.39, 0.29) is 12.3 Å². The van der Waals surface area contributed by atoms with Crippen LogP contribution in [0, 0.1) is 6.92 Å². The molecule has 2 aromatic heterocycles. The quantitative estimate of drug-likeness (QED) is 0.367. The second kappa shape index (κ2) is 11.1. The molecule has 0 fully saturated rings. The van der Waals surface area contributed by atoms with Gasteiger partial charge in [0.15, 0.2) is 5.96 Å². The van der Waals surface area contributed by atoms with Crippen LogP contribution < -0.4 is 16.0 Å². The molecular weight excluding hydrogens is 364 g/mol. The smallest absolute Gasteiger partial charge is 0.227 e. The fourth-order valence-corrected chi connectivity index (χ4v) is 2.42. The van der Waals surface area contributed by atoms with Crippen molar-refractivity contribution in [2.45, 2.75) is 26.7 Å². The maximum atomic E-state index is 12.0. The second-order valence-corrected chi connectivity index (χ2v) is 6.28. The van der Waals surface area contributed by atoms with Crippen molar-refractivity contribution in [2.24, 2.45) is 4.99 Å². The summed E-state index contributed by atoms with van der Waals surface area (Å²) in [4.78, 5) is 24.8. The number of nitrogens with zero attached hydrogens (tertiary/aromatic N) is 3. The van der Waals surface area contributed by atoms with E-state index >= 15 is 0 Å². The zero-order valence-electron chi connectivity index (χ0n) is 15.6. The molecule has 2 heterocycles. The maximum Gasteiger partial charge on any atom is 0.227 e. The largest absolute Gasteiger partial charge is 0.357 e. The number of hydrogen-bond acceptors (Lipinski definition) is 4. The van der Waals surface area contributed by atoms with Crippen LogP contribution in [-0.2, 0) is 11.2 Å². The summed E-state index contributed by atoms with van der Waals surface area (Å²) in [5.41, 5.74) is 1.95. The second-order valence-electron chi connectivity index (χ2n) is 5.89. The van der Waals surface area contributed by atoms with Gasteiger partial charge in [-0.25, -0.2) is 9.97 Å². The van der Waals surface area contributed by atoms with Gasteiger partial charge in [-0.2, -0.15) is 0 Å². The SMILES string of the molecule is CCNC(=NCCC(=O)Nc1cccc(C)n1)NCCc1ccc(Cl)nc1. The third-order valence-electron chi connectivity index (χ3n) is 3.60. The Kier molecular flexibility index (Phi) is 8.51. The Hall–Kier alpha value is -2.67. The highest BCUT2D eigenvalue weighted by molar-refractivity contribution is 6.29. The normalized spacial score (nSPS) is 11.1. The number of guanidine groups is 1. The summed E-state index contributed by atoms with van der Waals surface area (Å²) in [6.07, 6.45) is 2.85. The first-order valence-electron chi connectivity index (χ1n) is 8.93. The summed E-state index contributed by atoms with van der Waals surface area (Å²) in [5.74, 6) is 1.13. The highest BCUT2D eigenvalue weighted by atomic mass is 35.5. The summed E-state index contributed by atoms with van der Waals surface area (Å²) in [6.45, 7) is 5.71. The molecule has 0 aromatic carbocycles. The Balaban J connectivity index is 1.76. The molecule has 0 aliphatic carbocycles. The lowest BCUT2D eigenvalue weighted by Gasteiger charge is -2.11. The number of amides is 1. The summed E-state index contributed by atoms with van der Waals surface area (Å²) in [7, 11) is 0. The number of nitrogens with one attached hydrogen (secondary N) is 3. The van der Waals surface area contributed by atoms with Crippen molar-refractivity contribution < 1.29 is 4.79 Å². The van der Waals surface area contributed by atoms with E-state index in [0.29, 0.717) is 30.0 Å². The van der Waals surface area contributed by atoms with E-state index < -0.39 is 0 Å². The Labute approximate surface area is 164 Å². The van der Waals surface area contributed by atoms with E-state index in [1.165, 1.54) is 0 Å². The number of anilines is 1. The predicted octanol–water partition coefficient (Wildman–Crippen LogP) is 2.56. The molecule has 0 saturated heterocycles. The van der Waals surface area contributed by atoms with Gasteiger partial charge < -0.3 is 16.0 Å². The molecule has 8 heteroatoms. The van der Waals surface area contributed by atoms with E-state index in [1.54, 1.807) is 18.3 Å². The van der Waals surface area contributed by atoms with Crippen LogP contribution in [0.5, 0.6) is 0 Å². The third kappa shape index (κ3) is 8.04. The number of hydrogen-bond donors (Lipinski definition) is 3. The number of pyridine rings is 2. The van der Waals surface area contributed by atoms with E-state index in [2.05, 4.69) is 30.9 Å². The molecule has 0 aliphatic heterocycles. The Morgan fingerprint density at radius 2 is 2.07 bits per heavy atom. The van der Waals surface area contributed by atoms with Gasteiger partial charge in [0, 0.05) is 31.4 Å². The summed E-state index contributed by atoms with van der Waals surface area (Å²) in [5, 5.41) is 9.68. The first kappa shape index (κ1) is 20.6. The highest BCUT2D eigenvalue weighted by Crippen LogP contribution is 2.05. The fourth-order valence-electron chi connectivity index (χ4n) is 2.31. The minimum absolute atomic E-state index is 0.111. The van der Waals surface area contributed by atoms with Gasteiger partial charge in [0.25, 0.3) is 0 Å². The number of carbonyl (C=O) groups excluding carboxylic acids is 1. The Morgan fingerprint density at radius 3 is 2.78 bits per heavy atom. The molecule has 144 valence electrons. The van der Waals surface area contributed by atoms with Gasteiger partial charge in [-0.05, 0) is 44.0 Å². The lowest BCUT2D eigenvalue weighted by Crippen LogP contribution is -2.38. The molecule has 0 radical (unpaired) electrons. The molecule has 0 unspecified atom stereocenters. The van der Waals surface area contributed by atoms with Crippen molar-refractivity contribution in [2.75, 3.05) is 25.0 Å². The van der Waals surface area contributed by atoms with Crippen LogP contribution in [0.4, 0.5) is 5.82 Å². The van der Waals surface area contributed by atoms with Crippen molar-refractivity contribution in [3.8, 4) is 0 Å². The van der Waals surface area contributed by atoms with Gasteiger partial charge in [-0.3, -0.25) is 9.79 Å². The first-order chi connectivity index (χ1) is 13.1. The number of aryl methyl sites for hydroxylation is 1. The molecule has 0 atom stereocenters. The molecule has 2 aromatic rings. The van der Waals surface area contributed by atoms with Gasteiger partial charge in [0.1, 0.15) is 11.0 Å². The predicted molar refractivity (Wildman–Crippen MR) is 109 cm³/mol. The third-order valence-corrected chi connectivity index (χ3v) is 3.83. The zero-order chi connectivity index (χ0) is 19.5. The van der Waals surface area contributed by atoms with E-state index in [4.69, 9.17) is 11.6 Å². The van der Waals surface area contributed by atoms with Crippen molar-refractivity contribution in [1.82, 2.24) is 20.6 Å². The summed E-state index contributed by atoms with van der Waals surface area (Å²) in [6, 6.07) is 9.24. The van der Waals surface area contributed by atoms with Gasteiger partial charge in [-0.1, -0.05) is 23.7 Å². The topological polar surface area (TPSA) is 91.3 Å². The van der Waals surface area contributed by atoms with Crippen molar-refractivity contribution >= 4 is 29.3 Å². The van der Waals surface area contributed by atoms with Crippen LogP contribution in [0.3, 0.4) is 0 Å². The first-order valence-corrected chi connectivity index (χ1v) is 9.30. The van der Waals surface area contributed by atoms with Crippen molar-refractivity contribution in [3.63, 3.8) is 0 Å². The van der Waals surface area contributed by atoms with Gasteiger partial charge >= 0.3 is 0 Å². The van der Waals surface area contributed by atoms with E-state index in [1.807, 2.05) is 32.0 Å². The highest BCUT2D eigenvalue weighted by Gasteiger charge is 2.04. The number of halogens is 1. The Bertz CT molecular complexity index is 763. The van der Waals surface area contributed by atoms with E-state index in [0.717, 1.165) is 24.2 Å². The zero-order valence-corrected chi connectivity index (χ0v) is 16.4.